The van der Waals surface area contributed by atoms with E-state index in [9.17, 15) is 9.59 Å². The maximum Gasteiger partial charge on any atom is 0.279 e. The van der Waals surface area contributed by atoms with E-state index in [1.807, 2.05) is 49.4 Å². The van der Waals surface area contributed by atoms with E-state index in [2.05, 4.69) is 10.9 Å². The standard InChI is InChI=1S/C24H24N2O4/c1-17-8-12-22(13-9-17)30-18(2)23(27)25-26-24(28)20-10-14-21(15-11-20)29-16-19-6-4-3-5-7-19/h3-15,18H,16H2,1-2H3,(H,25,27)(H,26,28). The second-order valence-corrected chi connectivity index (χ2v) is 6.82. The number of carbonyl (C=O) groups excluding carboxylic acids is 2. The Morgan fingerprint density at radius 1 is 0.833 bits per heavy atom. The monoisotopic (exact) mass is 404 g/mol. The predicted octanol–water partition coefficient (Wildman–Crippen LogP) is 3.80. The van der Waals surface area contributed by atoms with E-state index in [0.29, 0.717) is 23.7 Å². The fraction of sp³-hybridized carbons (Fsp3) is 0.167. The van der Waals surface area contributed by atoms with Gasteiger partial charge in [-0.2, -0.15) is 0 Å². The highest BCUT2D eigenvalue weighted by Crippen LogP contribution is 2.15. The van der Waals surface area contributed by atoms with Crippen molar-refractivity contribution in [3.8, 4) is 11.5 Å². The lowest BCUT2D eigenvalue weighted by atomic mass is 10.2. The van der Waals surface area contributed by atoms with Crippen LogP contribution in [-0.2, 0) is 11.4 Å². The molecule has 6 heteroatoms. The Labute approximate surface area is 175 Å². The van der Waals surface area contributed by atoms with Crippen LogP contribution in [0.25, 0.3) is 0 Å². The Balaban J connectivity index is 1.45. The smallest absolute Gasteiger partial charge is 0.279 e. The summed E-state index contributed by atoms with van der Waals surface area (Å²) in [5.41, 5.74) is 7.33. The van der Waals surface area contributed by atoms with Crippen LogP contribution in [-0.4, -0.2) is 17.9 Å². The highest BCUT2D eigenvalue weighted by molar-refractivity contribution is 5.95. The van der Waals surface area contributed by atoms with E-state index in [0.717, 1.165) is 11.1 Å². The van der Waals surface area contributed by atoms with Gasteiger partial charge >= 0.3 is 0 Å². The molecule has 3 rings (SSSR count). The number of rotatable bonds is 7. The van der Waals surface area contributed by atoms with Crippen LogP contribution in [0.4, 0.5) is 0 Å². The lowest BCUT2D eigenvalue weighted by Gasteiger charge is -2.15. The fourth-order valence-corrected chi connectivity index (χ4v) is 2.61. The van der Waals surface area contributed by atoms with Crippen molar-refractivity contribution in [2.45, 2.75) is 26.6 Å². The summed E-state index contributed by atoms with van der Waals surface area (Å²) < 4.78 is 11.3. The average molecular weight is 404 g/mol. The molecule has 6 nitrogen and oxygen atoms in total. The Bertz CT molecular complexity index is 970. The van der Waals surface area contributed by atoms with Crippen LogP contribution < -0.4 is 20.3 Å². The highest BCUT2D eigenvalue weighted by Gasteiger charge is 2.16. The minimum absolute atomic E-state index is 0.398. The molecular weight excluding hydrogens is 380 g/mol. The van der Waals surface area contributed by atoms with Crippen LogP contribution in [0.15, 0.2) is 78.9 Å². The molecule has 1 atom stereocenters. The van der Waals surface area contributed by atoms with Crippen LogP contribution in [0.2, 0.25) is 0 Å². The average Bonchev–Trinajstić information content (AvgIpc) is 2.78. The van der Waals surface area contributed by atoms with Crippen molar-refractivity contribution in [1.82, 2.24) is 10.9 Å². The molecule has 0 spiro atoms. The van der Waals surface area contributed by atoms with E-state index in [-0.39, 0.29) is 0 Å². The van der Waals surface area contributed by atoms with Crippen molar-refractivity contribution >= 4 is 11.8 Å². The van der Waals surface area contributed by atoms with Gasteiger partial charge in [0, 0.05) is 5.56 Å². The van der Waals surface area contributed by atoms with Gasteiger partial charge in [-0.25, -0.2) is 0 Å². The van der Waals surface area contributed by atoms with Crippen LogP contribution in [0, 0.1) is 6.92 Å². The molecule has 2 N–H and O–H groups in total. The molecule has 3 aromatic carbocycles. The van der Waals surface area contributed by atoms with Crippen molar-refractivity contribution in [1.29, 1.82) is 0 Å². The summed E-state index contributed by atoms with van der Waals surface area (Å²) >= 11 is 0. The maximum atomic E-state index is 12.3. The first kappa shape index (κ1) is 20.9. The Morgan fingerprint density at radius 3 is 2.13 bits per heavy atom. The van der Waals surface area contributed by atoms with Crippen molar-refractivity contribution in [3.05, 3.63) is 95.6 Å². The van der Waals surface area contributed by atoms with Crippen molar-refractivity contribution < 1.29 is 19.1 Å². The second-order valence-electron chi connectivity index (χ2n) is 6.82. The molecule has 2 amide bonds. The zero-order valence-electron chi connectivity index (χ0n) is 16.9. The summed E-state index contributed by atoms with van der Waals surface area (Å²) in [6.45, 7) is 4.03. The number of hydrogen-bond acceptors (Lipinski definition) is 4. The van der Waals surface area contributed by atoms with Crippen LogP contribution >= 0.6 is 0 Å². The van der Waals surface area contributed by atoms with Gasteiger partial charge in [0.1, 0.15) is 18.1 Å². The van der Waals surface area contributed by atoms with Crippen molar-refractivity contribution in [2.75, 3.05) is 0 Å². The largest absolute Gasteiger partial charge is 0.489 e. The quantitative estimate of drug-likeness (QED) is 0.587. The molecule has 0 saturated carbocycles. The number of hydrogen-bond donors (Lipinski definition) is 2. The molecule has 30 heavy (non-hydrogen) atoms. The lowest BCUT2D eigenvalue weighted by Crippen LogP contribution is -2.47. The number of benzene rings is 3. The molecule has 0 fully saturated rings. The normalized spacial score (nSPS) is 11.3. The SMILES string of the molecule is Cc1ccc(OC(C)C(=O)NNC(=O)c2ccc(OCc3ccccc3)cc2)cc1. The summed E-state index contributed by atoms with van der Waals surface area (Å²) in [6.07, 6.45) is -0.762. The number of ether oxygens (including phenoxy) is 2. The molecule has 3 aromatic rings. The van der Waals surface area contributed by atoms with Gasteiger partial charge in [-0.15, -0.1) is 0 Å². The van der Waals surface area contributed by atoms with Gasteiger partial charge in [0.25, 0.3) is 11.8 Å². The van der Waals surface area contributed by atoms with Crippen LogP contribution in [0.3, 0.4) is 0 Å². The molecule has 1 unspecified atom stereocenters. The van der Waals surface area contributed by atoms with Gasteiger partial charge < -0.3 is 9.47 Å². The van der Waals surface area contributed by atoms with E-state index < -0.39 is 17.9 Å². The topological polar surface area (TPSA) is 76.7 Å². The zero-order valence-corrected chi connectivity index (χ0v) is 16.9. The minimum Gasteiger partial charge on any atom is -0.489 e. The number of amides is 2. The first-order valence-corrected chi connectivity index (χ1v) is 9.61. The molecule has 0 radical (unpaired) electrons. The Kier molecular flexibility index (Phi) is 7.05. The maximum absolute atomic E-state index is 12.3. The zero-order chi connectivity index (χ0) is 21.3. The Morgan fingerprint density at radius 2 is 1.47 bits per heavy atom. The third kappa shape index (κ3) is 6.10. The third-order valence-electron chi connectivity index (χ3n) is 4.37. The van der Waals surface area contributed by atoms with Gasteiger partial charge in [0.05, 0.1) is 0 Å². The lowest BCUT2D eigenvalue weighted by molar-refractivity contribution is -0.128. The number of carbonyl (C=O) groups is 2. The van der Waals surface area contributed by atoms with Crippen LogP contribution in [0.1, 0.15) is 28.4 Å². The molecule has 0 aliphatic rings. The third-order valence-corrected chi connectivity index (χ3v) is 4.37. The molecule has 0 aromatic heterocycles. The predicted molar refractivity (Wildman–Crippen MR) is 114 cm³/mol. The molecular formula is C24H24N2O4. The summed E-state index contributed by atoms with van der Waals surface area (Å²) in [4.78, 5) is 24.4. The number of aryl methyl sites for hydroxylation is 1. The van der Waals surface area contributed by atoms with Crippen LogP contribution in [0.5, 0.6) is 11.5 Å². The van der Waals surface area contributed by atoms with Gasteiger partial charge in [0.2, 0.25) is 0 Å². The van der Waals surface area contributed by atoms with Gasteiger partial charge in [0.15, 0.2) is 6.10 Å². The van der Waals surface area contributed by atoms with Crippen molar-refractivity contribution in [3.63, 3.8) is 0 Å². The number of hydrazine groups is 1. The summed E-state index contributed by atoms with van der Waals surface area (Å²) in [7, 11) is 0. The van der Waals surface area contributed by atoms with E-state index in [4.69, 9.17) is 9.47 Å². The molecule has 154 valence electrons. The van der Waals surface area contributed by atoms with Gasteiger partial charge in [-0.1, -0.05) is 48.0 Å². The Hall–Kier alpha value is -3.80. The first-order chi connectivity index (χ1) is 14.5. The van der Waals surface area contributed by atoms with E-state index >= 15 is 0 Å². The molecule has 0 aliphatic heterocycles. The second kappa shape index (κ2) is 10.1. The van der Waals surface area contributed by atoms with Crippen molar-refractivity contribution in [2.24, 2.45) is 0 Å². The summed E-state index contributed by atoms with van der Waals surface area (Å²) in [6, 6.07) is 23.9. The number of nitrogens with one attached hydrogen (secondary N) is 2. The minimum atomic E-state index is -0.762. The molecule has 0 aliphatic carbocycles. The highest BCUT2D eigenvalue weighted by atomic mass is 16.5. The van der Waals surface area contributed by atoms with E-state index in [1.165, 1.54) is 0 Å². The molecule has 0 heterocycles. The fourth-order valence-electron chi connectivity index (χ4n) is 2.61. The molecule has 0 saturated heterocycles. The van der Waals surface area contributed by atoms with Gasteiger partial charge in [-0.3, -0.25) is 20.4 Å². The summed E-state index contributed by atoms with van der Waals surface area (Å²) in [5.74, 6) is 0.354. The van der Waals surface area contributed by atoms with Gasteiger partial charge in [-0.05, 0) is 55.8 Å². The van der Waals surface area contributed by atoms with E-state index in [1.54, 1.807) is 43.3 Å². The first-order valence-electron chi connectivity index (χ1n) is 9.61. The summed E-state index contributed by atoms with van der Waals surface area (Å²) in [5, 5.41) is 0. The molecule has 0 bridgehead atoms.